The Kier molecular flexibility index (Phi) is 9.31. The molecule has 0 saturated carbocycles. The van der Waals surface area contributed by atoms with Crippen LogP contribution in [0.3, 0.4) is 0 Å². The highest BCUT2D eigenvalue weighted by Crippen LogP contribution is 2.27. The number of aliphatic hydroxyl groups is 1. The van der Waals surface area contributed by atoms with Crippen LogP contribution in [-0.2, 0) is 13.2 Å². The Hall–Kier alpha value is -2.86. The quantitative estimate of drug-likeness (QED) is 0.362. The second-order valence-electron chi connectivity index (χ2n) is 8.09. The van der Waals surface area contributed by atoms with E-state index >= 15 is 0 Å². The molecule has 0 fully saturated rings. The molecule has 3 aromatic carbocycles. The van der Waals surface area contributed by atoms with Gasteiger partial charge in [0.25, 0.3) is 0 Å². The normalized spacial score (nSPS) is 11.1. The average Bonchev–Trinajstić information content (AvgIpc) is 2.80. The number of hydrogen-bond acceptors (Lipinski definition) is 5. The fourth-order valence-electron chi connectivity index (χ4n) is 3.36. The maximum Gasteiger partial charge on any atom is 0.176 e. The molecule has 0 radical (unpaired) electrons. The minimum Gasteiger partial charge on any atom is -0.489 e. The number of rotatable bonds is 12. The standard InChI is InChI=1S/C27H30ClNO4/c1-20(2)33-27-13-10-23(16-25(27)28)26(31)18-29(14-15-30)17-21-8-11-24(12-9-21)32-19-22-6-4-3-5-7-22/h3-13,16,20,30H,14-15,17-19H2,1-2H3. The first-order chi connectivity index (χ1) is 15.9. The summed E-state index contributed by atoms with van der Waals surface area (Å²) in [6, 6.07) is 22.9. The Labute approximate surface area is 200 Å². The van der Waals surface area contributed by atoms with E-state index < -0.39 is 0 Å². The maximum absolute atomic E-state index is 12.8. The van der Waals surface area contributed by atoms with Gasteiger partial charge in [0.15, 0.2) is 5.78 Å². The summed E-state index contributed by atoms with van der Waals surface area (Å²) in [6.45, 7) is 5.41. The van der Waals surface area contributed by atoms with Gasteiger partial charge in [0.05, 0.1) is 24.3 Å². The van der Waals surface area contributed by atoms with Crippen molar-refractivity contribution in [1.82, 2.24) is 4.90 Å². The molecule has 33 heavy (non-hydrogen) atoms. The van der Waals surface area contributed by atoms with Gasteiger partial charge in [-0.25, -0.2) is 0 Å². The number of halogens is 1. The Morgan fingerprint density at radius 2 is 1.73 bits per heavy atom. The lowest BCUT2D eigenvalue weighted by molar-refractivity contribution is 0.0908. The zero-order valence-corrected chi connectivity index (χ0v) is 19.8. The molecule has 174 valence electrons. The lowest BCUT2D eigenvalue weighted by atomic mass is 10.1. The molecule has 0 bridgehead atoms. The van der Waals surface area contributed by atoms with E-state index in [-0.39, 0.29) is 25.0 Å². The highest BCUT2D eigenvalue weighted by atomic mass is 35.5. The predicted molar refractivity (Wildman–Crippen MR) is 131 cm³/mol. The van der Waals surface area contributed by atoms with Crippen LogP contribution in [0.5, 0.6) is 11.5 Å². The number of ketones is 1. The van der Waals surface area contributed by atoms with Crippen molar-refractivity contribution in [3.8, 4) is 11.5 Å². The van der Waals surface area contributed by atoms with E-state index in [0.717, 1.165) is 16.9 Å². The van der Waals surface area contributed by atoms with Crippen LogP contribution in [0.2, 0.25) is 5.02 Å². The number of Topliss-reactive ketones (excluding diaryl/α,β-unsaturated/α-hetero) is 1. The van der Waals surface area contributed by atoms with Gasteiger partial charge in [-0.2, -0.15) is 0 Å². The summed E-state index contributed by atoms with van der Waals surface area (Å²) in [5.74, 6) is 1.28. The fraction of sp³-hybridized carbons (Fsp3) is 0.296. The van der Waals surface area contributed by atoms with Gasteiger partial charge in [0, 0.05) is 18.7 Å². The fourth-order valence-corrected chi connectivity index (χ4v) is 3.59. The summed E-state index contributed by atoms with van der Waals surface area (Å²) in [4.78, 5) is 14.7. The van der Waals surface area contributed by atoms with E-state index in [9.17, 15) is 9.90 Å². The average molecular weight is 468 g/mol. The topological polar surface area (TPSA) is 59.0 Å². The Morgan fingerprint density at radius 1 is 1.00 bits per heavy atom. The van der Waals surface area contributed by atoms with Crippen LogP contribution in [-0.4, -0.2) is 41.6 Å². The van der Waals surface area contributed by atoms with Crippen molar-refractivity contribution in [2.45, 2.75) is 33.1 Å². The number of benzene rings is 3. The molecule has 1 N–H and O–H groups in total. The molecule has 0 unspecified atom stereocenters. The third kappa shape index (κ3) is 7.90. The molecule has 3 rings (SSSR count). The zero-order chi connectivity index (χ0) is 23.6. The minimum absolute atomic E-state index is 0.000718. The molecule has 0 heterocycles. The molecule has 6 heteroatoms. The van der Waals surface area contributed by atoms with Gasteiger partial charge in [0.2, 0.25) is 0 Å². The van der Waals surface area contributed by atoms with Crippen molar-refractivity contribution >= 4 is 17.4 Å². The number of nitrogens with zero attached hydrogens (tertiary/aromatic N) is 1. The maximum atomic E-state index is 12.8. The summed E-state index contributed by atoms with van der Waals surface area (Å²) in [6.07, 6.45) is -0.000718. The van der Waals surface area contributed by atoms with Crippen molar-refractivity contribution in [1.29, 1.82) is 0 Å². The van der Waals surface area contributed by atoms with E-state index in [2.05, 4.69) is 0 Å². The lowest BCUT2D eigenvalue weighted by Crippen LogP contribution is -2.32. The molecule has 0 aromatic heterocycles. The summed E-state index contributed by atoms with van der Waals surface area (Å²) in [5, 5.41) is 9.89. The molecule has 5 nitrogen and oxygen atoms in total. The van der Waals surface area contributed by atoms with Gasteiger partial charge < -0.3 is 14.6 Å². The summed E-state index contributed by atoms with van der Waals surface area (Å²) in [7, 11) is 0. The van der Waals surface area contributed by atoms with E-state index in [1.165, 1.54) is 0 Å². The number of carbonyl (C=O) groups excluding carboxylic acids is 1. The Morgan fingerprint density at radius 3 is 2.36 bits per heavy atom. The van der Waals surface area contributed by atoms with Gasteiger partial charge in [-0.15, -0.1) is 0 Å². The van der Waals surface area contributed by atoms with Crippen LogP contribution in [0, 0.1) is 0 Å². The molecule has 0 saturated heterocycles. The SMILES string of the molecule is CC(C)Oc1ccc(C(=O)CN(CCO)Cc2ccc(OCc3ccccc3)cc2)cc1Cl. The largest absolute Gasteiger partial charge is 0.489 e. The summed E-state index contributed by atoms with van der Waals surface area (Å²) < 4.78 is 11.5. The third-order valence-electron chi connectivity index (χ3n) is 4.98. The molecule has 0 spiro atoms. The highest BCUT2D eigenvalue weighted by Gasteiger charge is 2.15. The van der Waals surface area contributed by atoms with Crippen LogP contribution in [0.1, 0.15) is 35.3 Å². The predicted octanol–water partition coefficient (Wildman–Crippen LogP) is 5.38. The van der Waals surface area contributed by atoms with Gasteiger partial charge in [-0.1, -0.05) is 54.1 Å². The molecular weight excluding hydrogens is 438 g/mol. The smallest absolute Gasteiger partial charge is 0.176 e. The molecule has 0 aliphatic rings. The Balaban J connectivity index is 1.58. The van der Waals surface area contributed by atoms with E-state index in [1.807, 2.05) is 73.3 Å². The van der Waals surface area contributed by atoms with Gasteiger partial charge in [-0.05, 0) is 55.3 Å². The van der Waals surface area contributed by atoms with E-state index in [4.69, 9.17) is 21.1 Å². The number of ether oxygens (including phenoxy) is 2. The first kappa shape index (κ1) is 24.8. The van der Waals surface area contributed by atoms with Crippen molar-refractivity contribution < 1.29 is 19.4 Å². The molecule has 3 aromatic rings. The van der Waals surface area contributed by atoms with Crippen molar-refractivity contribution in [3.05, 3.63) is 94.5 Å². The third-order valence-corrected chi connectivity index (χ3v) is 5.27. The van der Waals surface area contributed by atoms with Crippen molar-refractivity contribution in [3.63, 3.8) is 0 Å². The number of carbonyl (C=O) groups is 1. The molecule has 0 amide bonds. The van der Waals surface area contributed by atoms with Crippen molar-refractivity contribution in [2.75, 3.05) is 19.7 Å². The number of aliphatic hydroxyl groups excluding tert-OH is 1. The van der Waals surface area contributed by atoms with Gasteiger partial charge >= 0.3 is 0 Å². The number of hydrogen-bond donors (Lipinski definition) is 1. The van der Waals surface area contributed by atoms with Crippen LogP contribution < -0.4 is 9.47 Å². The highest BCUT2D eigenvalue weighted by molar-refractivity contribution is 6.32. The van der Waals surface area contributed by atoms with E-state index in [1.54, 1.807) is 18.2 Å². The van der Waals surface area contributed by atoms with Crippen LogP contribution in [0.4, 0.5) is 0 Å². The second-order valence-corrected chi connectivity index (χ2v) is 8.49. The first-order valence-electron chi connectivity index (χ1n) is 11.0. The van der Waals surface area contributed by atoms with Crippen molar-refractivity contribution in [2.24, 2.45) is 0 Å². The molecule has 0 aliphatic carbocycles. The van der Waals surface area contributed by atoms with Gasteiger partial charge in [0.1, 0.15) is 18.1 Å². The molecule has 0 aliphatic heterocycles. The first-order valence-corrected chi connectivity index (χ1v) is 11.4. The van der Waals surface area contributed by atoms with E-state index in [0.29, 0.717) is 36.0 Å². The van der Waals surface area contributed by atoms with Crippen LogP contribution in [0.15, 0.2) is 72.8 Å². The summed E-state index contributed by atoms with van der Waals surface area (Å²) >= 11 is 6.28. The summed E-state index contributed by atoms with van der Waals surface area (Å²) in [5.41, 5.74) is 2.66. The minimum atomic E-state index is -0.0655. The Bertz CT molecular complexity index is 1020. The van der Waals surface area contributed by atoms with Gasteiger partial charge in [-0.3, -0.25) is 9.69 Å². The monoisotopic (exact) mass is 467 g/mol. The lowest BCUT2D eigenvalue weighted by Gasteiger charge is -2.21. The van der Waals surface area contributed by atoms with Crippen LogP contribution in [0.25, 0.3) is 0 Å². The molecule has 0 atom stereocenters. The zero-order valence-electron chi connectivity index (χ0n) is 19.0. The molecular formula is C27H30ClNO4. The van der Waals surface area contributed by atoms with Crippen LogP contribution >= 0.6 is 11.6 Å². The second kappa shape index (κ2) is 12.4.